The number of fused-ring (bicyclic) bond motifs is 1. The van der Waals surface area contributed by atoms with Crippen LogP contribution in [0.3, 0.4) is 0 Å². The molecular weight excluding hydrogens is 689 g/mol. The molecule has 0 aliphatic carbocycles. The quantitative estimate of drug-likeness (QED) is 0.0602. The van der Waals surface area contributed by atoms with Gasteiger partial charge < -0.3 is 30.3 Å². The maximum Gasteiger partial charge on any atom is 0.472 e. The zero-order valence-electron chi connectivity index (χ0n) is 29.9. The van der Waals surface area contributed by atoms with Gasteiger partial charge in [-0.05, 0) is 31.0 Å². The minimum Gasteiger partial charge on any atom is -0.472 e. The summed E-state index contributed by atoms with van der Waals surface area (Å²) in [6.07, 6.45) is 14.6. The van der Waals surface area contributed by atoms with E-state index in [9.17, 15) is 24.9 Å². The number of anilines is 1. The van der Waals surface area contributed by atoms with Crippen molar-refractivity contribution in [2.24, 2.45) is 0 Å². The third-order valence-electron chi connectivity index (χ3n) is 9.34. The number of rotatable bonds is 24. The number of pyridine rings is 1. The number of aliphatic hydroxyl groups is 2. The van der Waals surface area contributed by atoms with E-state index in [1.54, 1.807) is 24.3 Å². The molecular formula is C36H52N7O8P. The molecule has 6 atom stereocenters. The lowest BCUT2D eigenvalue weighted by atomic mass is 9.96. The van der Waals surface area contributed by atoms with Gasteiger partial charge in [-0.15, -0.1) is 0 Å². The average molecular weight is 742 g/mol. The Labute approximate surface area is 305 Å². The van der Waals surface area contributed by atoms with Gasteiger partial charge in [0, 0.05) is 12.3 Å². The summed E-state index contributed by atoms with van der Waals surface area (Å²) in [4.78, 5) is 18.7. The number of unbranched alkanes of at least 4 members (excludes halogenated alkanes) is 13. The second-order valence-corrected chi connectivity index (χ2v) is 14.8. The standard InChI is InChI=1S/C36H52N7O8P/c1-2-3-4-5-6-7-8-9-10-11-12-13-14-15-16-28(50-31-20-17-27(21-37)22-40-31)23-48-52(46,47)49-25-36(24-38)34(45)32(44)33(51-36)29-18-19-30-35(39)41-26-42-43(29)30/h17-20,22,26,28,32-34,44-45H,2-16,23,25H2,1H3,(H,46,47)(H2,39,41,42)/t28-,32+,33+,34+,36-/m1/s1. The lowest BCUT2D eigenvalue weighted by molar-refractivity contribution is -0.0750. The molecule has 4 rings (SSSR count). The fourth-order valence-corrected chi connectivity index (χ4v) is 7.08. The highest BCUT2D eigenvalue weighted by Gasteiger charge is 2.57. The van der Waals surface area contributed by atoms with Crippen molar-refractivity contribution >= 4 is 19.2 Å². The molecule has 1 saturated heterocycles. The molecule has 0 amide bonds. The maximum atomic E-state index is 13.0. The molecule has 0 spiro atoms. The van der Waals surface area contributed by atoms with Crippen molar-refractivity contribution in [1.82, 2.24) is 19.6 Å². The molecule has 4 heterocycles. The molecule has 3 aromatic heterocycles. The molecule has 1 aliphatic rings. The first-order chi connectivity index (χ1) is 25.1. The van der Waals surface area contributed by atoms with E-state index in [1.807, 2.05) is 6.07 Å². The number of hydrogen-bond donors (Lipinski definition) is 4. The van der Waals surface area contributed by atoms with Crippen LogP contribution in [0.5, 0.6) is 5.88 Å². The van der Waals surface area contributed by atoms with Crippen LogP contribution >= 0.6 is 7.82 Å². The van der Waals surface area contributed by atoms with E-state index in [4.69, 9.17) is 29.5 Å². The highest BCUT2D eigenvalue weighted by atomic mass is 31.2. The molecule has 0 saturated carbocycles. The normalized spacial score (nSPS) is 21.8. The fraction of sp³-hybridized carbons (Fsp3) is 0.639. The number of nitrogens with zero attached hydrogens (tertiary/aromatic N) is 6. The zero-order chi connectivity index (χ0) is 37.4. The van der Waals surface area contributed by atoms with Crippen molar-refractivity contribution < 1.29 is 38.2 Å². The molecule has 1 unspecified atom stereocenters. The molecule has 0 bridgehead atoms. The zero-order valence-corrected chi connectivity index (χ0v) is 30.8. The summed E-state index contributed by atoms with van der Waals surface area (Å²) in [6.45, 7) is 0.995. The Morgan fingerprint density at radius 3 is 2.21 bits per heavy atom. The number of aromatic nitrogens is 4. The Morgan fingerprint density at radius 1 is 0.962 bits per heavy atom. The summed E-state index contributed by atoms with van der Waals surface area (Å²) in [6, 6.07) is 10.0. The van der Waals surface area contributed by atoms with Gasteiger partial charge in [-0.3, -0.25) is 9.05 Å². The lowest BCUT2D eigenvalue weighted by Gasteiger charge is -2.26. The first-order valence-electron chi connectivity index (χ1n) is 18.3. The molecule has 15 nitrogen and oxygen atoms in total. The number of nitriles is 2. The van der Waals surface area contributed by atoms with E-state index in [-0.39, 0.29) is 24.0 Å². The Hall–Kier alpha value is -3.66. The van der Waals surface area contributed by atoms with E-state index >= 15 is 0 Å². The van der Waals surface area contributed by atoms with E-state index in [0.717, 1.165) is 25.7 Å². The second kappa shape index (κ2) is 20.5. The Morgan fingerprint density at radius 2 is 1.62 bits per heavy atom. The minimum absolute atomic E-state index is 0.170. The largest absolute Gasteiger partial charge is 0.472 e. The first kappa shape index (κ1) is 41.1. The predicted octanol–water partition coefficient (Wildman–Crippen LogP) is 6.09. The highest BCUT2D eigenvalue weighted by molar-refractivity contribution is 7.47. The van der Waals surface area contributed by atoms with Crippen LogP contribution in [0.15, 0.2) is 36.8 Å². The smallest absolute Gasteiger partial charge is 0.472 e. The van der Waals surface area contributed by atoms with Gasteiger partial charge in [0.1, 0.15) is 55.0 Å². The van der Waals surface area contributed by atoms with Crippen LogP contribution in [0.4, 0.5) is 5.82 Å². The maximum absolute atomic E-state index is 13.0. The van der Waals surface area contributed by atoms with Crippen molar-refractivity contribution in [1.29, 1.82) is 10.5 Å². The van der Waals surface area contributed by atoms with Crippen molar-refractivity contribution in [3.63, 3.8) is 0 Å². The molecule has 1 aliphatic heterocycles. The van der Waals surface area contributed by atoms with Crippen LogP contribution in [0.2, 0.25) is 0 Å². The monoisotopic (exact) mass is 741 g/mol. The summed E-state index contributed by atoms with van der Waals surface area (Å²) < 4.78 is 36.6. The minimum atomic E-state index is -4.83. The second-order valence-electron chi connectivity index (χ2n) is 13.3. The summed E-state index contributed by atoms with van der Waals surface area (Å²) in [5.41, 5.74) is 4.73. The Kier molecular flexibility index (Phi) is 16.2. The number of hydrogen-bond acceptors (Lipinski definition) is 13. The van der Waals surface area contributed by atoms with Gasteiger partial charge in [-0.25, -0.2) is 19.0 Å². The average Bonchev–Trinajstić information content (AvgIpc) is 3.69. The van der Waals surface area contributed by atoms with Crippen LogP contribution < -0.4 is 10.5 Å². The molecule has 1 fully saturated rings. The number of aliphatic hydroxyl groups excluding tert-OH is 2. The SMILES string of the molecule is CCCCCCCCCCCCCCCC[C@H](COP(=O)(O)OC[C@@]1(C#N)O[C@@H](c2ccc3c(N)ncnn23)[C@H](O)[C@@H]1O)Oc1ccc(C#N)cn1. The summed E-state index contributed by atoms with van der Waals surface area (Å²) >= 11 is 0. The Balaban J connectivity index is 1.26. The Bertz CT molecular complexity index is 1660. The van der Waals surface area contributed by atoms with Crippen LogP contribution in [-0.2, 0) is 18.3 Å². The van der Waals surface area contributed by atoms with Gasteiger partial charge in [-0.2, -0.15) is 15.6 Å². The number of phosphoric ester groups is 1. The van der Waals surface area contributed by atoms with Gasteiger partial charge in [0.25, 0.3) is 0 Å². The van der Waals surface area contributed by atoms with Crippen LogP contribution in [-0.4, -0.2) is 71.8 Å². The number of nitrogens with two attached hydrogens (primary N) is 1. The van der Waals surface area contributed by atoms with Gasteiger partial charge in [0.2, 0.25) is 11.5 Å². The molecule has 3 aromatic rings. The van der Waals surface area contributed by atoms with Crippen molar-refractivity contribution in [3.8, 4) is 18.0 Å². The number of ether oxygens (including phenoxy) is 2. The fourth-order valence-electron chi connectivity index (χ4n) is 6.30. The third-order valence-corrected chi connectivity index (χ3v) is 10.3. The highest BCUT2D eigenvalue weighted by Crippen LogP contribution is 2.48. The van der Waals surface area contributed by atoms with E-state index in [2.05, 4.69) is 22.0 Å². The number of phosphoric acid groups is 1. The molecule has 52 heavy (non-hydrogen) atoms. The van der Waals surface area contributed by atoms with Crippen molar-refractivity contribution in [3.05, 3.63) is 48.0 Å². The molecule has 5 N–H and O–H groups in total. The van der Waals surface area contributed by atoms with Gasteiger partial charge in [0.15, 0.2) is 5.82 Å². The summed E-state index contributed by atoms with van der Waals surface area (Å²) in [5, 5.41) is 44.9. The lowest BCUT2D eigenvalue weighted by Crippen LogP contribution is -2.45. The van der Waals surface area contributed by atoms with E-state index < -0.39 is 44.4 Å². The van der Waals surface area contributed by atoms with Crippen LogP contribution in [0.25, 0.3) is 5.52 Å². The topological polar surface area (TPSA) is 231 Å². The molecule has 284 valence electrons. The third kappa shape index (κ3) is 11.7. The van der Waals surface area contributed by atoms with E-state index in [0.29, 0.717) is 17.5 Å². The van der Waals surface area contributed by atoms with Crippen LogP contribution in [0, 0.1) is 22.7 Å². The molecule has 0 radical (unpaired) electrons. The van der Waals surface area contributed by atoms with E-state index in [1.165, 1.54) is 87.3 Å². The first-order valence-corrected chi connectivity index (χ1v) is 19.8. The summed E-state index contributed by atoms with van der Waals surface area (Å²) in [5.74, 6) is 0.395. The summed E-state index contributed by atoms with van der Waals surface area (Å²) in [7, 11) is -4.83. The van der Waals surface area contributed by atoms with Gasteiger partial charge in [-0.1, -0.05) is 90.4 Å². The van der Waals surface area contributed by atoms with Gasteiger partial charge >= 0.3 is 7.82 Å². The molecule has 0 aromatic carbocycles. The van der Waals surface area contributed by atoms with Gasteiger partial charge in [0.05, 0.1) is 17.9 Å². The predicted molar refractivity (Wildman–Crippen MR) is 192 cm³/mol. The number of nitrogen functional groups attached to an aromatic ring is 1. The van der Waals surface area contributed by atoms with Crippen LogP contribution in [0.1, 0.15) is 121 Å². The molecule has 16 heteroatoms. The van der Waals surface area contributed by atoms with Crippen molar-refractivity contribution in [2.45, 2.75) is 133 Å². The van der Waals surface area contributed by atoms with Crippen molar-refractivity contribution in [2.75, 3.05) is 18.9 Å².